The van der Waals surface area contributed by atoms with E-state index < -0.39 is 5.60 Å². The SMILES string of the molecule is CC(C)Nc1nc(-c2ccc3c(c2)CC(=O)C(C)(C)O3)cc2ncn(C)c(=O)c12. The zero-order valence-electron chi connectivity index (χ0n) is 17.2. The number of aryl methyl sites for hydroxylation is 1. The molecule has 7 nitrogen and oxygen atoms in total. The third kappa shape index (κ3) is 3.37. The van der Waals surface area contributed by atoms with Crippen molar-refractivity contribution in [3.05, 3.63) is 46.5 Å². The highest BCUT2D eigenvalue weighted by Gasteiger charge is 2.35. The number of nitrogens with one attached hydrogen (secondary N) is 1. The fourth-order valence-electron chi connectivity index (χ4n) is 3.44. The van der Waals surface area contributed by atoms with Gasteiger partial charge in [-0.15, -0.1) is 0 Å². The maximum Gasteiger partial charge on any atom is 0.264 e. The molecule has 1 N–H and O–H groups in total. The lowest BCUT2D eigenvalue weighted by molar-refractivity contribution is -0.132. The zero-order chi connectivity index (χ0) is 20.9. The van der Waals surface area contributed by atoms with Crippen LogP contribution in [0.1, 0.15) is 33.3 Å². The van der Waals surface area contributed by atoms with Crippen molar-refractivity contribution in [2.24, 2.45) is 7.05 Å². The van der Waals surface area contributed by atoms with Gasteiger partial charge in [-0.1, -0.05) is 0 Å². The second kappa shape index (κ2) is 6.69. The molecule has 4 rings (SSSR count). The number of anilines is 1. The van der Waals surface area contributed by atoms with Gasteiger partial charge in [-0.2, -0.15) is 0 Å². The van der Waals surface area contributed by atoms with Gasteiger partial charge in [-0.05, 0) is 52.0 Å². The number of nitrogens with zero attached hydrogens (tertiary/aromatic N) is 3. The summed E-state index contributed by atoms with van der Waals surface area (Å²) in [6.07, 6.45) is 1.83. The average molecular weight is 392 g/mol. The highest BCUT2D eigenvalue weighted by atomic mass is 16.5. The minimum Gasteiger partial charge on any atom is -0.480 e. The number of Topliss-reactive ketones (excluding diaryl/α,β-unsaturated/α-hetero) is 1. The predicted molar refractivity (Wildman–Crippen MR) is 112 cm³/mol. The Balaban J connectivity index is 1.87. The van der Waals surface area contributed by atoms with Crippen molar-refractivity contribution in [2.75, 3.05) is 5.32 Å². The van der Waals surface area contributed by atoms with Crippen LogP contribution in [0.15, 0.2) is 35.4 Å². The number of hydrogen-bond acceptors (Lipinski definition) is 6. The Hall–Kier alpha value is -3.22. The largest absolute Gasteiger partial charge is 0.480 e. The lowest BCUT2D eigenvalue weighted by atomic mass is 9.91. The summed E-state index contributed by atoms with van der Waals surface area (Å²) < 4.78 is 7.30. The monoisotopic (exact) mass is 392 g/mol. The number of ketones is 1. The Morgan fingerprint density at radius 3 is 2.69 bits per heavy atom. The molecule has 7 heteroatoms. The van der Waals surface area contributed by atoms with Crippen LogP contribution in [0.25, 0.3) is 22.2 Å². The Labute approximate surface area is 168 Å². The fraction of sp³-hybridized carbons (Fsp3) is 0.364. The molecule has 0 aliphatic carbocycles. The number of hydrogen-bond donors (Lipinski definition) is 1. The summed E-state index contributed by atoms with van der Waals surface area (Å²) in [7, 11) is 1.67. The van der Waals surface area contributed by atoms with Crippen LogP contribution >= 0.6 is 0 Å². The predicted octanol–water partition coefficient (Wildman–Crippen LogP) is 3.10. The van der Waals surface area contributed by atoms with Gasteiger partial charge < -0.3 is 14.6 Å². The minimum absolute atomic E-state index is 0.0425. The van der Waals surface area contributed by atoms with Crippen LogP contribution in [0, 0.1) is 0 Å². The van der Waals surface area contributed by atoms with Gasteiger partial charge in [-0.3, -0.25) is 9.59 Å². The first kappa shape index (κ1) is 19.1. The Kier molecular flexibility index (Phi) is 4.41. The van der Waals surface area contributed by atoms with Gasteiger partial charge in [-0.25, -0.2) is 9.97 Å². The quantitative estimate of drug-likeness (QED) is 0.737. The molecule has 1 aromatic carbocycles. The van der Waals surface area contributed by atoms with Crippen LogP contribution in [-0.4, -0.2) is 32.0 Å². The Bertz CT molecular complexity index is 1190. The van der Waals surface area contributed by atoms with Crippen molar-refractivity contribution >= 4 is 22.5 Å². The molecule has 3 heterocycles. The van der Waals surface area contributed by atoms with Crippen molar-refractivity contribution in [3.63, 3.8) is 0 Å². The minimum atomic E-state index is -0.811. The molecular weight excluding hydrogens is 368 g/mol. The van der Waals surface area contributed by atoms with Crippen LogP contribution in [0.2, 0.25) is 0 Å². The number of carbonyl (C=O) groups excluding carboxylic acids is 1. The normalized spacial score (nSPS) is 15.3. The molecule has 3 aromatic rings. The van der Waals surface area contributed by atoms with E-state index >= 15 is 0 Å². The Morgan fingerprint density at radius 1 is 1.21 bits per heavy atom. The molecule has 0 spiro atoms. The molecule has 2 aromatic heterocycles. The van der Waals surface area contributed by atoms with Gasteiger partial charge in [0.2, 0.25) is 0 Å². The molecule has 0 unspecified atom stereocenters. The first-order valence-electron chi connectivity index (χ1n) is 9.64. The Morgan fingerprint density at radius 2 is 1.97 bits per heavy atom. The van der Waals surface area contributed by atoms with Gasteiger partial charge in [0.1, 0.15) is 17.0 Å². The molecule has 1 aliphatic rings. The standard InChI is InChI=1S/C22H24N4O3/c1-12(2)24-20-19-16(23-11-26(5)21(19)28)10-15(25-20)13-6-7-17-14(8-13)9-18(27)22(3,4)29-17/h6-8,10-12H,9H2,1-5H3,(H,24,25). The lowest BCUT2D eigenvalue weighted by Crippen LogP contribution is -2.42. The van der Waals surface area contributed by atoms with E-state index in [1.165, 1.54) is 10.9 Å². The molecule has 0 atom stereocenters. The van der Waals surface area contributed by atoms with E-state index in [1.807, 2.05) is 32.0 Å². The van der Waals surface area contributed by atoms with E-state index in [0.29, 0.717) is 34.6 Å². The fourth-order valence-corrected chi connectivity index (χ4v) is 3.44. The first-order valence-corrected chi connectivity index (χ1v) is 9.64. The number of fused-ring (bicyclic) bond motifs is 2. The van der Waals surface area contributed by atoms with Crippen molar-refractivity contribution < 1.29 is 9.53 Å². The molecule has 0 saturated carbocycles. The highest BCUT2D eigenvalue weighted by Crippen LogP contribution is 2.34. The summed E-state index contributed by atoms with van der Waals surface area (Å²) in [6, 6.07) is 7.62. The van der Waals surface area contributed by atoms with Gasteiger partial charge in [0, 0.05) is 30.6 Å². The zero-order valence-corrected chi connectivity index (χ0v) is 17.2. The van der Waals surface area contributed by atoms with Crippen molar-refractivity contribution in [1.29, 1.82) is 0 Å². The third-order valence-electron chi connectivity index (χ3n) is 5.07. The summed E-state index contributed by atoms with van der Waals surface area (Å²) >= 11 is 0. The van der Waals surface area contributed by atoms with Crippen molar-refractivity contribution in [1.82, 2.24) is 14.5 Å². The first-order chi connectivity index (χ1) is 13.7. The van der Waals surface area contributed by atoms with E-state index in [-0.39, 0.29) is 17.4 Å². The second-order valence-corrected chi connectivity index (χ2v) is 8.24. The van der Waals surface area contributed by atoms with E-state index in [0.717, 1.165) is 11.1 Å². The van der Waals surface area contributed by atoms with Crippen LogP contribution in [0.5, 0.6) is 5.75 Å². The summed E-state index contributed by atoms with van der Waals surface area (Å²) in [6.45, 7) is 7.55. The summed E-state index contributed by atoms with van der Waals surface area (Å²) in [5, 5.41) is 3.73. The molecular formula is C22H24N4O3. The molecule has 0 radical (unpaired) electrons. The van der Waals surface area contributed by atoms with Crippen molar-refractivity contribution in [2.45, 2.75) is 45.8 Å². The number of aromatic nitrogens is 3. The highest BCUT2D eigenvalue weighted by molar-refractivity contribution is 5.93. The van der Waals surface area contributed by atoms with Crippen LogP contribution in [0.3, 0.4) is 0 Å². The molecule has 0 saturated heterocycles. The number of benzene rings is 1. The van der Waals surface area contributed by atoms with Crippen LogP contribution in [-0.2, 0) is 18.3 Å². The maximum absolute atomic E-state index is 12.7. The number of ether oxygens (including phenoxy) is 1. The van der Waals surface area contributed by atoms with E-state index in [9.17, 15) is 9.59 Å². The summed E-state index contributed by atoms with van der Waals surface area (Å²) in [4.78, 5) is 34.1. The van der Waals surface area contributed by atoms with Gasteiger partial charge in [0.15, 0.2) is 11.4 Å². The van der Waals surface area contributed by atoms with Crippen LogP contribution < -0.4 is 15.6 Å². The molecule has 29 heavy (non-hydrogen) atoms. The van der Waals surface area contributed by atoms with E-state index in [4.69, 9.17) is 9.72 Å². The van der Waals surface area contributed by atoms with Crippen molar-refractivity contribution in [3.8, 4) is 17.0 Å². The molecule has 1 aliphatic heterocycles. The smallest absolute Gasteiger partial charge is 0.264 e. The third-order valence-corrected chi connectivity index (χ3v) is 5.07. The molecule has 0 bridgehead atoms. The van der Waals surface area contributed by atoms with E-state index in [2.05, 4.69) is 10.3 Å². The van der Waals surface area contributed by atoms with Gasteiger partial charge >= 0.3 is 0 Å². The topological polar surface area (TPSA) is 86.1 Å². The van der Waals surface area contributed by atoms with Crippen LogP contribution in [0.4, 0.5) is 5.82 Å². The lowest BCUT2D eigenvalue weighted by Gasteiger charge is -2.31. The number of rotatable bonds is 3. The van der Waals surface area contributed by atoms with Gasteiger partial charge in [0.05, 0.1) is 17.5 Å². The second-order valence-electron chi connectivity index (χ2n) is 8.24. The number of pyridine rings is 1. The molecule has 0 fully saturated rings. The van der Waals surface area contributed by atoms with Gasteiger partial charge in [0.25, 0.3) is 5.56 Å². The van der Waals surface area contributed by atoms with E-state index in [1.54, 1.807) is 27.0 Å². The summed E-state index contributed by atoms with van der Waals surface area (Å²) in [5.41, 5.74) is 1.98. The average Bonchev–Trinajstić information content (AvgIpc) is 2.64. The molecule has 150 valence electrons. The number of carbonyl (C=O) groups is 1. The molecule has 0 amide bonds. The summed E-state index contributed by atoms with van der Waals surface area (Å²) in [5.74, 6) is 1.26. The maximum atomic E-state index is 12.7.